The monoisotopic (exact) mass is 515 g/mol. The lowest BCUT2D eigenvalue weighted by atomic mass is 9.82. The van der Waals surface area contributed by atoms with Crippen LogP contribution in [-0.2, 0) is 5.41 Å². The van der Waals surface area contributed by atoms with Crippen molar-refractivity contribution in [2.75, 3.05) is 5.32 Å². The van der Waals surface area contributed by atoms with Gasteiger partial charge in [0.1, 0.15) is 0 Å². The Hall–Kier alpha value is -4.62. The highest BCUT2D eigenvalue weighted by Crippen LogP contribution is 2.49. The molecule has 1 nitrogen and oxygen atoms in total. The molecule has 0 aromatic heterocycles. The number of hydrogen-bond acceptors (Lipinski definition) is 1. The van der Waals surface area contributed by atoms with Crippen molar-refractivity contribution in [2.45, 2.75) is 31.6 Å². The third-order valence-electron chi connectivity index (χ3n) is 8.67. The largest absolute Gasteiger partial charge is 0.358 e. The second kappa shape index (κ2) is 9.84. The maximum atomic E-state index is 3.86. The molecule has 0 aliphatic heterocycles. The van der Waals surface area contributed by atoms with E-state index in [1.165, 1.54) is 55.8 Å². The zero-order chi connectivity index (χ0) is 27.1. The topological polar surface area (TPSA) is 12.0 Å². The molecule has 7 rings (SSSR count). The number of fused-ring (bicyclic) bond motifs is 3. The van der Waals surface area contributed by atoms with Gasteiger partial charge in [-0.05, 0) is 74.7 Å². The normalized spacial score (nSPS) is 16.6. The second-order valence-electron chi connectivity index (χ2n) is 11.4. The molecule has 0 radical (unpaired) electrons. The van der Waals surface area contributed by atoms with Crippen molar-refractivity contribution in [1.82, 2.24) is 0 Å². The molecule has 194 valence electrons. The van der Waals surface area contributed by atoms with Crippen molar-refractivity contribution in [2.24, 2.45) is 0 Å². The fourth-order valence-electron chi connectivity index (χ4n) is 6.64. The summed E-state index contributed by atoms with van der Waals surface area (Å²) in [5, 5.41) is 3.86. The molecule has 5 aromatic rings. The van der Waals surface area contributed by atoms with Crippen LogP contribution in [0.4, 0.5) is 5.69 Å². The molecule has 1 N–H and O–H groups in total. The number of allylic oxidation sites excluding steroid dienone is 4. The minimum Gasteiger partial charge on any atom is -0.358 e. The predicted octanol–water partition coefficient (Wildman–Crippen LogP) is 10.4. The molecule has 2 aliphatic carbocycles. The molecule has 40 heavy (non-hydrogen) atoms. The van der Waals surface area contributed by atoms with Gasteiger partial charge in [0, 0.05) is 22.7 Å². The summed E-state index contributed by atoms with van der Waals surface area (Å²) in [7, 11) is 0. The molecule has 1 atom stereocenters. The van der Waals surface area contributed by atoms with E-state index in [4.69, 9.17) is 0 Å². The first-order valence-electron chi connectivity index (χ1n) is 14.2. The van der Waals surface area contributed by atoms with E-state index in [0.717, 1.165) is 12.1 Å². The van der Waals surface area contributed by atoms with Crippen molar-refractivity contribution in [1.29, 1.82) is 0 Å². The van der Waals surface area contributed by atoms with E-state index in [1.54, 1.807) is 0 Å². The highest BCUT2D eigenvalue weighted by Gasteiger charge is 2.35. The van der Waals surface area contributed by atoms with E-state index in [1.807, 2.05) is 0 Å². The average molecular weight is 516 g/mol. The first-order chi connectivity index (χ1) is 19.6. The molecule has 0 amide bonds. The smallest absolute Gasteiger partial charge is 0.0385 e. The van der Waals surface area contributed by atoms with Gasteiger partial charge in [-0.2, -0.15) is 0 Å². The van der Waals surface area contributed by atoms with Gasteiger partial charge in [0.05, 0.1) is 0 Å². The van der Waals surface area contributed by atoms with Crippen molar-refractivity contribution >= 4 is 5.69 Å². The van der Waals surface area contributed by atoms with Gasteiger partial charge in [0.15, 0.2) is 0 Å². The molecule has 0 saturated heterocycles. The van der Waals surface area contributed by atoms with Crippen LogP contribution in [0.25, 0.3) is 33.4 Å². The molecule has 1 unspecified atom stereocenters. The zero-order valence-electron chi connectivity index (χ0n) is 23.1. The number of benzene rings is 5. The number of anilines is 1. The quantitative estimate of drug-likeness (QED) is 0.245. The van der Waals surface area contributed by atoms with Crippen LogP contribution in [0.2, 0.25) is 0 Å². The van der Waals surface area contributed by atoms with Gasteiger partial charge in [-0.25, -0.2) is 0 Å². The lowest BCUT2D eigenvalue weighted by molar-refractivity contribution is 0.660. The van der Waals surface area contributed by atoms with Crippen molar-refractivity contribution in [3.63, 3.8) is 0 Å². The van der Waals surface area contributed by atoms with Crippen LogP contribution in [0, 0.1) is 0 Å². The molecule has 0 fully saturated rings. The molecule has 0 bridgehead atoms. The first kappa shape index (κ1) is 24.4. The predicted molar refractivity (Wildman–Crippen MR) is 170 cm³/mol. The van der Waals surface area contributed by atoms with E-state index in [9.17, 15) is 0 Å². The first-order valence-corrected chi connectivity index (χ1v) is 14.2. The summed E-state index contributed by atoms with van der Waals surface area (Å²) in [4.78, 5) is 0. The number of hydrogen-bond donors (Lipinski definition) is 1. The third kappa shape index (κ3) is 4.10. The summed E-state index contributed by atoms with van der Waals surface area (Å²) < 4.78 is 0. The van der Waals surface area contributed by atoms with Gasteiger partial charge in [-0.3, -0.25) is 0 Å². The Morgan fingerprint density at radius 1 is 0.600 bits per heavy atom. The zero-order valence-corrected chi connectivity index (χ0v) is 23.1. The Morgan fingerprint density at radius 3 is 2.08 bits per heavy atom. The van der Waals surface area contributed by atoms with Crippen LogP contribution >= 0.6 is 0 Å². The van der Waals surface area contributed by atoms with Gasteiger partial charge in [-0.15, -0.1) is 0 Å². The Balaban J connectivity index is 1.26. The Kier molecular flexibility index (Phi) is 6.01. The summed E-state index contributed by atoms with van der Waals surface area (Å²) in [5.74, 6) is 0.239. The second-order valence-corrected chi connectivity index (χ2v) is 11.4. The fraction of sp³-hybridized carbons (Fsp3) is 0.128. The van der Waals surface area contributed by atoms with Crippen LogP contribution in [0.1, 0.15) is 42.9 Å². The van der Waals surface area contributed by atoms with Gasteiger partial charge in [-0.1, -0.05) is 135 Å². The number of rotatable bonds is 5. The summed E-state index contributed by atoms with van der Waals surface area (Å²) in [6, 6.07) is 44.2. The Labute approximate surface area is 237 Å². The maximum absolute atomic E-state index is 3.86. The van der Waals surface area contributed by atoms with Crippen molar-refractivity contribution in [3.8, 4) is 33.4 Å². The number of nitrogens with one attached hydrogen (secondary N) is 1. The van der Waals surface area contributed by atoms with Crippen molar-refractivity contribution < 1.29 is 0 Å². The molecule has 0 spiro atoms. The summed E-state index contributed by atoms with van der Waals surface area (Å²) in [5.41, 5.74) is 14.3. The van der Waals surface area contributed by atoms with Crippen LogP contribution in [0.5, 0.6) is 0 Å². The summed E-state index contributed by atoms with van der Waals surface area (Å²) in [6.45, 7) is 4.68. The molecule has 1 heteroatoms. The van der Waals surface area contributed by atoms with Gasteiger partial charge in [0.25, 0.3) is 0 Å². The van der Waals surface area contributed by atoms with Crippen LogP contribution in [0.3, 0.4) is 0 Å². The summed E-state index contributed by atoms with van der Waals surface area (Å²) >= 11 is 0. The van der Waals surface area contributed by atoms with E-state index in [-0.39, 0.29) is 11.3 Å². The average Bonchev–Trinajstić information content (AvgIpc) is 3.24. The van der Waals surface area contributed by atoms with Gasteiger partial charge < -0.3 is 5.32 Å². The SMILES string of the molecule is CC1(C)c2ccccc2-c2ccc(NC3=CC=CCC3c3ccccc3-c3ccccc3-c3ccccc3)cc21. The van der Waals surface area contributed by atoms with E-state index in [2.05, 4.69) is 159 Å². The molecule has 0 heterocycles. The van der Waals surface area contributed by atoms with Crippen molar-refractivity contribution in [3.05, 3.63) is 162 Å². The minimum absolute atomic E-state index is 0.0163. The third-order valence-corrected chi connectivity index (χ3v) is 8.67. The van der Waals surface area contributed by atoms with E-state index >= 15 is 0 Å². The standard InChI is InChI=1S/C39H33N/c1-39(2)36-22-12-10-20-33(36)34-25-24-28(26-37(34)39)40-38-23-13-11-21-35(38)32-19-9-8-18-31(32)30-17-7-6-16-29(30)27-14-4-3-5-15-27/h3-20,22-26,35,40H,21H2,1-2H3. The molecule has 5 aromatic carbocycles. The maximum Gasteiger partial charge on any atom is 0.0385 e. The van der Waals surface area contributed by atoms with Crippen LogP contribution in [0.15, 0.2) is 145 Å². The molecule has 0 saturated carbocycles. The Morgan fingerprint density at radius 2 is 1.25 bits per heavy atom. The highest BCUT2D eigenvalue weighted by molar-refractivity contribution is 5.86. The molecular weight excluding hydrogens is 482 g/mol. The minimum atomic E-state index is -0.0163. The Bertz CT molecular complexity index is 1770. The lowest BCUT2D eigenvalue weighted by Crippen LogP contribution is -2.16. The van der Waals surface area contributed by atoms with Crippen LogP contribution < -0.4 is 5.32 Å². The van der Waals surface area contributed by atoms with E-state index in [0.29, 0.717) is 0 Å². The van der Waals surface area contributed by atoms with Gasteiger partial charge in [0.2, 0.25) is 0 Å². The van der Waals surface area contributed by atoms with Gasteiger partial charge >= 0.3 is 0 Å². The fourth-order valence-corrected chi connectivity index (χ4v) is 6.64. The molecule has 2 aliphatic rings. The summed E-state index contributed by atoms with van der Waals surface area (Å²) in [6.07, 6.45) is 7.69. The highest BCUT2D eigenvalue weighted by atomic mass is 14.9. The lowest BCUT2D eigenvalue weighted by Gasteiger charge is -2.27. The molecular formula is C39H33N. The van der Waals surface area contributed by atoms with Crippen LogP contribution in [-0.4, -0.2) is 0 Å². The van der Waals surface area contributed by atoms with E-state index < -0.39 is 0 Å².